The number of carbonyl (C=O) groups excluding carboxylic acids is 1. The van der Waals surface area contributed by atoms with Gasteiger partial charge in [0.15, 0.2) is 0 Å². The molecule has 21 heavy (non-hydrogen) atoms. The van der Waals surface area contributed by atoms with Gasteiger partial charge in [-0.25, -0.2) is 9.18 Å². The molecule has 0 N–H and O–H groups in total. The van der Waals surface area contributed by atoms with Crippen molar-refractivity contribution in [2.75, 3.05) is 7.11 Å². The number of benzene rings is 2. The summed E-state index contributed by atoms with van der Waals surface area (Å²) in [7, 11) is 1.58. The molecule has 3 nitrogen and oxygen atoms in total. The first-order chi connectivity index (χ1) is 10.1. The van der Waals surface area contributed by atoms with Crippen LogP contribution in [0.5, 0.6) is 5.75 Å². The molecule has 0 saturated carbocycles. The van der Waals surface area contributed by atoms with E-state index in [1.54, 1.807) is 68.6 Å². The topological polar surface area (TPSA) is 35.5 Å². The normalized spacial score (nSPS) is 13.3. The van der Waals surface area contributed by atoms with Crippen molar-refractivity contribution < 1.29 is 18.7 Å². The van der Waals surface area contributed by atoms with Crippen molar-refractivity contribution >= 4 is 5.97 Å². The van der Waals surface area contributed by atoms with Crippen LogP contribution < -0.4 is 4.74 Å². The second-order valence-electron chi connectivity index (χ2n) is 4.63. The predicted molar refractivity (Wildman–Crippen MR) is 77.8 cm³/mol. The van der Waals surface area contributed by atoms with E-state index in [0.29, 0.717) is 11.3 Å². The van der Waals surface area contributed by atoms with Crippen molar-refractivity contribution in [1.29, 1.82) is 0 Å². The highest BCUT2D eigenvalue weighted by molar-refractivity contribution is 5.76. The number of rotatable bonds is 5. The third-order valence-corrected chi connectivity index (χ3v) is 3.18. The lowest BCUT2D eigenvalue weighted by Crippen LogP contribution is -2.14. The lowest BCUT2D eigenvalue weighted by atomic mass is 10.1. The molecule has 4 heteroatoms. The van der Waals surface area contributed by atoms with Crippen molar-refractivity contribution in [3.63, 3.8) is 0 Å². The number of methoxy groups -OCH3 is 1. The van der Waals surface area contributed by atoms with Gasteiger partial charge in [0.25, 0.3) is 0 Å². The van der Waals surface area contributed by atoms with Gasteiger partial charge in [0.1, 0.15) is 11.9 Å². The maximum atomic E-state index is 14.0. The zero-order chi connectivity index (χ0) is 15.2. The Kier molecular flexibility index (Phi) is 4.93. The van der Waals surface area contributed by atoms with Crippen LogP contribution in [0.3, 0.4) is 0 Å². The molecule has 0 aliphatic heterocycles. The highest BCUT2D eigenvalue weighted by Gasteiger charge is 2.23. The van der Waals surface area contributed by atoms with E-state index in [1.165, 1.54) is 0 Å². The summed E-state index contributed by atoms with van der Waals surface area (Å²) in [5, 5.41) is 0. The smallest absolute Gasteiger partial charge is 0.346 e. The van der Waals surface area contributed by atoms with Crippen molar-refractivity contribution in [2.24, 2.45) is 0 Å². The molecule has 0 amide bonds. The number of carbonyl (C=O) groups is 1. The molecule has 2 aromatic rings. The first-order valence-corrected chi connectivity index (χ1v) is 6.65. The van der Waals surface area contributed by atoms with Crippen LogP contribution in [0.2, 0.25) is 0 Å². The first kappa shape index (κ1) is 15.0. The van der Waals surface area contributed by atoms with Gasteiger partial charge in [0.05, 0.1) is 7.11 Å². The largest absolute Gasteiger partial charge is 0.497 e. The van der Waals surface area contributed by atoms with Crippen LogP contribution in [-0.4, -0.2) is 13.1 Å². The number of hydrogen-bond donors (Lipinski definition) is 0. The fourth-order valence-corrected chi connectivity index (χ4v) is 1.94. The Morgan fingerprint density at radius 2 is 1.62 bits per heavy atom. The van der Waals surface area contributed by atoms with Crippen molar-refractivity contribution in [1.82, 2.24) is 0 Å². The number of ether oxygens (including phenoxy) is 2. The van der Waals surface area contributed by atoms with Gasteiger partial charge in [0, 0.05) is 0 Å². The van der Waals surface area contributed by atoms with Crippen LogP contribution in [0.1, 0.15) is 30.3 Å². The molecule has 2 aromatic carbocycles. The number of esters is 1. The number of hydrogen-bond acceptors (Lipinski definition) is 3. The Hall–Kier alpha value is -2.36. The van der Waals surface area contributed by atoms with E-state index in [4.69, 9.17) is 9.47 Å². The molecule has 0 aliphatic carbocycles. The summed E-state index contributed by atoms with van der Waals surface area (Å²) >= 11 is 0. The Morgan fingerprint density at radius 1 is 1.00 bits per heavy atom. The van der Waals surface area contributed by atoms with Crippen LogP contribution in [0.25, 0.3) is 0 Å². The van der Waals surface area contributed by atoms with Crippen molar-refractivity contribution in [2.45, 2.75) is 19.2 Å². The molecule has 2 atom stereocenters. The maximum Gasteiger partial charge on any atom is 0.346 e. The average Bonchev–Trinajstić information content (AvgIpc) is 2.55. The van der Waals surface area contributed by atoms with E-state index >= 15 is 0 Å². The van der Waals surface area contributed by atoms with E-state index in [9.17, 15) is 9.18 Å². The summed E-state index contributed by atoms with van der Waals surface area (Å²) in [6.07, 6.45) is -2.29. The van der Waals surface area contributed by atoms with E-state index < -0.39 is 18.2 Å². The van der Waals surface area contributed by atoms with E-state index in [-0.39, 0.29) is 0 Å². The Bertz CT molecular complexity index is 581. The fourth-order valence-electron chi connectivity index (χ4n) is 1.94. The molecule has 0 spiro atoms. The molecular weight excluding hydrogens is 271 g/mol. The summed E-state index contributed by atoms with van der Waals surface area (Å²) in [5.74, 6) is -0.172. The minimum absolute atomic E-state index is 0.296. The molecule has 110 valence electrons. The molecule has 2 rings (SSSR count). The zero-order valence-corrected chi connectivity index (χ0v) is 12.0. The molecule has 0 bridgehead atoms. The summed E-state index contributed by atoms with van der Waals surface area (Å²) in [4.78, 5) is 11.8. The standard InChI is InChI=1S/C17H17FO3/c1-12(13-8-10-15(20-2)11-9-13)21-17(19)16(18)14-6-4-3-5-7-14/h3-12,16H,1-2H3. The Balaban J connectivity index is 2.01. The quantitative estimate of drug-likeness (QED) is 0.780. The van der Waals surface area contributed by atoms with E-state index in [2.05, 4.69) is 0 Å². The minimum Gasteiger partial charge on any atom is -0.497 e. The van der Waals surface area contributed by atoms with Crippen LogP contribution in [0.4, 0.5) is 4.39 Å². The molecular formula is C17H17FO3. The Morgan fingerprint density at radius 3 is 2.19 bits per heavy atom. The minimum atomic E-state index is -1.77. The van der Waals surface area contributed by atoms with Gasteiger partial charge in [-0.3, -0.25) is 0 Å². The second-order valence-corrected chi connectivity index (χ2v) is 4.63. The predicted octanol–water partition coefficient (Wildman–Crippen LogP) is 4.01. The van der Waals surface area contributed by atoms with Crippen LogP contribution in [0, 0.1) is 0 Å². The third-order valence-electron chi connectivity index (χ3n) is 3.18. The number of halogens is 1. The summed E-state index contributed by atoms with van der Waals surface area (Å²) in [5.41, 5.74) is 1.08. The molecule has 0 heterocycles. The van der Waals surface area contributed by atoms with E-state index in [0.717, 1.165) is 5.56 Å². The molecule has 0 aliphatic rings. The third kappa shape index (κ3) is 3.81. The maximum absolute atomic E-state index is 14.0. The lowest BCUT2D eigenvalue weighted by Gasteiger charge is -2.16. The SMILES string of the molecule is COc1ccc(C(C)OC(=O)C(F)c2ccccc2)cc1. The van der Waals surface area contributed by atoms with Crippen molar-refractivity contribution in [3.05, 3.63) is 65.7 Å². The summed E-state index contributed by atoms with van der Waals surface area (Å²) < 4.78 is 24.3. The van der Waals surface area contributed by atoms with Crippen LogP contribution in [0.15, 0.2) is 54.6 Å². The monoisotopic (exact) mass is 288 g/mol. The van der Waals surface area contributed by atoms with Crippen LogP contribution >= 0.6 is 0 Å². The zero-order valence-electron chi connectivity index (χ0n) is 12.0. The summed E-state index contributed by atoms with van der Waals surface area (Å²) in [6, 6.07) is 15.4. The van der Waals surface area contributed by atoms with Gasteiger partial charge in [0.2, 0.25) is 6.17 Å². The molecule has 2 unspecified atom stereocenters. The first-order valence-electron chi connectivity index (χ1n) is 6.65. The highest BCUT2D eigenvalue weighted by atomic mass is 19.1. The summed E-state index contributed by atoms with van der Waals surface area (Å²) in [6.45, 7) is 1.71. The Labute approximate surface area is 123 Å². The average molecular weight is 288 g/mol. The van der Waals surface area contributed by atoms with Gasteiger partial charge in [-0.15, -0.1) is 0 Å². The number of alkyl halides is 1. The highest BCUT2D eigenvalue weighted by Crippen LogP contribution is 2.25. The molecule has 0 fully saturated rings. The van der Waals surface area contributed by atoms with E-state index in [1.807, 2.05) is 0 Å². The van der Waals surface area contributed by atoms with Gasteiger partial charge in [-0.05, 0) is 30.2 Å². The van der Waals surface area contributed by atoms with Gasteiger partial charge < -0.3 is 9.47 Å². The molecule has 0 aromatic heterocycles. The fraction of sp³-hybridized carbons (Fsp3) is 0.235. The van der Waals surface area contributed by atoms with Crippen LogP contribution in [-0.2, 0) is 9.53 Å². The second kappa shape index (κ2) is 6.88. The van der Waals surface area contributed by atoms with Gasteiger partial charge >= 0.3 is 5.97 Å². The van der Waals surface area contributed by atoms with Gasteiger partial charge in [-0.2, -0.15) is 0 Å². The lowest BCUT2D eigenvalue weighted by molar-refractivity contribution is -0.155. The molecule has 0 radical (unpaired) electrons. The molecule has 0 saturated heterocycles. The van der Waals surface area contributed by atoms with Crippen molar-refractivity contribution in [3.8, 4) is 5.75 Å². The van der Waals surface area contributed by atoms with Gasteiger partial charge in [-0.1, -0.05) is 42.5 Å².